The highest BCUT2D eigenvalue weighted by molar-refractivity contribution is 6.01. The number of rotatable bonds is 6. The van der Waals surface area contributed by atoms with E-state index in [1.54, 1.807) is 0 Å². The van der Waals surface area contributed by atoms with Crippen LogP contribution >= 0.6 is 0 Å². The topological polar surface area (TPSA) is 96.4 Å². The fraction of sp³-hybridized carbons (Fsp3) is 0.375. The van der Waals surface area contributed by atoms with Gasteiger partial charge in [0.2, 0.25) is 11.9 Å². The van der Waals surface area contributed by atoms with Crippen LogP contribution in [0.25, 0.3) is 17.2 Å². The average molecular weight is 502 g/mol. The second-order valence-corrected chi connectivity index (χ2v) is 8.66. The zero-order valence-electron chi connectivity index (χ0n) is 20.1. The molecule has 0 aliphatic carbocycles. The van der Waals surface area contributed by atoms with E-state index < -0.39 is 12.3 Å². The van der Waals surface area contributed by atoms with Crippen LogP contribution in [0.3, 0.4) is 0 Å². The van der Waals surface area contributed by atoms with E-state index in [9.17, 15) is 18.0 Å². The third-order valence-corrected chi connectivity index (χ3v) is 5.84. The number of ether oxygens (including phenoxy) is 1. The number of nitrogens with zero attached hydrogens (tertiary/aromatic N) is 6. The fourth-order valence-electron chi connectivity index (χ4n) is 3.93. The molecule has 2 aromatic heterocycles. The van der Waals surface area contributed by atoms with E-state index in [4.69, 9.17) is 0 Å². The Balaban J connectivity index is 1.40. The van der Waals surface area contributed by atoms with Gasteiger partial charge in [-0.3, -0.25) is 4.79 Å². The Labute approximate surface area is 206 Å². The Morgan fingerprint density at radius 1 is 1.14 bits per heavy atom. The van der Waals surface area contributed by atoms with Crippen molar-refractivity contribution in [1.29, 1.82) is 0 Å². The summed E-state index contributed by atoms with van der Waals surface area (Å²) in [5.74, 6) is 0.0442. The number of amides is 1. The molecule has 3 heterocycles. The Morgan fingerprint density at radius 2 is 1.83 bits per heavy atom. The van der Waals surface area contributed by atoms with Crippen LogP contribution in [0.5, 0.6) is 5.75 Å². The van der Waals surface area contributed by atoms with Crippen molar-refractivity contribution >= 4 is 34.9 Å². The number of nitrogens with one attached hydrogen (secondary N) is 1. The van der Waals surface area contributed by atoms with Gasteiger partial charge in [0.1, 0.15) is 11.3 Å². The summed E-state index contributed by atoms with van der Waals surface area (Å²) in [6.45, 7) is 3.55. The van der Waals surface area contributed by atoms with Gasteiger partial charge >= 0.3 is 6.36 Å². The molecule has 0 atom stereocenters. The number of aromatic nitrogens is 4. The first-order chi connectivity index (χ1) is 17.1. The minimum absolute atomic E-state index is 0.234. The van der Waals surface area contributed by atoms with Crippen LogP contribution < -0.4 is 15.0 Å². The van der Waals surface area contributed by atoms with Gasteiger partial charge in [0.05, 0.1) is 11.9 Å². The van der Waals surface area contributed by atoms with E-state index in [0.717, 1.165) is 25.9 Å². The molecule has 1 aromatic carbocycles. The number of benzene rings is 1. The van der Waals surface area contributed by atoms with E-state index in [1.165, 1.54) is 42.6 Å². The lowest BCUT2D eigenvalue weighted by molar-refractivity contribution is -0.274. The molecule has 1 N–H and O–H groups in total. The number of hydrogen-bond donors (Lipinski definition) is 1. The fourth-order valence-corrected chi connectivity index (χ4v) is 3.93. The molecule has 0 unspecified atom stereocenters. The number of fused-ring (bicyclic) bond motifs is 1. The van der Waals surface area contributed by atoms with E-state index in [1.807, 2.05) is 6.92 Å². The van der Waals surface area contributed by atoms with Gasteiger partial charge in [0.25, 0.3) is 0 Å². The number of carbonyl (C=O) groups excluding carboxylic acids is 1. The van der Waals surface area contributed by atoms with E-state index >= 15 is 0 Å². The third kappa shape index (κ3) is 6.45. The second kappa shape index (κ2) is 10.4. The van der Waals surface area contributed by atoms with Gasteiger partial charge in [-0.15, -0.1) is 13.2 Å². The summed E-state index contributed by atoms with van der Waals surface area (Å²) in [6, 6.07) is 5.69. The summed E-state index contributed by atoms with van der Waals surface area (Å²) in [5, 5.41) is 2.62. The number of carbonyl (C=O) groups is 1. The van der Waals surface area contributed by atoms with Crippen molar-refractivity contribution in [3.8, 4) is 5.75 Å². The van der Waals surface area contributed by atoms with Crippen molar-refractivity contribution in [2.45, 2.75) is 32.2 Å². The van der Waals surface area contributed by atoms with Crippen LogP contribution in [0.1, 0.15) is 24.1 Å². The quantitative estimate of drug-likeness (QED) is 0.510. The Hall–Kier alpha value is -3.80. The molecule has 36 heavy (non-hydrogen) atoms. The minimum atomic E-state index is -4.76. The Morgan fingerprint density at radius 3 is 2.47 bits per heavy atom. The summed E-state index contributed by atoms with van der Waals surface area (Å²) >= 11 is 0. The SMILES string of the molecule is Cc1nc(N2CCC(N(C)C)CC2)nc2ncc(NC(=O)C=Cc3ccc(OC(F)(F)F)cc3)nc12. The molecular formula is C24H26F3N7O2. The van der Waals surface area contributed by atoms with Gasteiger partial charge in [-0.05, 0) is 57.6 Å². The number of piperidine rings is 1. The zero-order chi connectivity index (χ0) is 25.9. The molecule has 1 aliphatic rings. The van der Waals surface area contributed by atoms with E-state index in [2.05, 4.69) is 53.9 Å². The molecule has 3 aromatic rings. The molecule has 1 saturated heterocycles. The van der Waals surface area contributed by atoms with Crippen LogP contribution in [0.4, 0.5) is 24.9 Å². The summed E-state index contributed by atoms with van der Waals surface area (Å²) in [6.07, 6.45) is 1.43. The van der Waals surface area contributed by atoms with Gasteiger partial charge in [0.15, 0.2) is 11.5 Å². The predicted molar refractivity (Wildman–Crippen MR) is 130 cm³/mol. The predicted octanol–water partition coefficient (Wildman–Crippen LogP) is 3.81. The van der Waals surface area contributed by atoms with Gasteiger partial charge in [-0.2, -0.15) is 4.98 Å². The van der Waals surface area contributed by atoms with Crippen molar-refractivity contribution in [2.75, 3.05) is 37.4 Å². The van der Waals surface area contributed by atoms with Gasteiger partial charge in [0, 0.05) is 25.2 Å². The summed E-state index contributed by atoms with van der Waals surface area (Å²) in [7, 11) is 4.18. The molecular weight excluding hydrogens is 475 g/mol. The highest BCUT2D eigenvalue weighted by Gasteiger charge is 2.31. The number of halogens is 3. The smallest absolute Gasteiger partial charge is 0.406 e. The van der Waals surface area contributed by atoms with Crippen LogP contribution in [0.15, 0.2) is 36.5 Å². The number of hydrogen-bond acceptors (Lipinski definition) is 8. The van der Waals surface area contributed by atoms with E-state index in [-0.39, 0.29) is 11.6 Å². The highest BCUT2D eigenvalue weighted by atomic mass is 19.4. The van der Waals surface area contributed by atoms with Crippen molar-refractivity contribution < 1.29 is 22.7 Å². The van der Waals surface area contributed by atoms with Crippen LogP contribution in [0.2, 0.25) is 0 Å². The second-order valence-electron chi connectivity index (χ2n) is 8.66. The van der Waals surface area contributed by atoms with Crippen LogP contribution in [0, 0.1) is 6.92 Å². The molecule has 4 rings (SSSR count). The van der Waals surface area contributed by atoms with Gasteiger partial charge in [-0.25, -0.2) is 15.0 Å². The molecule has 1 fully saturated rings. The zero-order valence-corrected chi connectivity index (χ0v) is 20.1. The summed E-state index contributed by atoms with van der Waals surface area (Å²) < 4.78 is 40.6. The van der Waals surface area contributed by atoms with Crippen LogP contribution in [-0.2, 0) is 4.79 Å². The minimum Gasteiger partial charge on any atom is -0.406 e. The van der Waals surface area contributed by atoms with Crippen molar-refractivity contribution in [1.82, 2.24) is 24.8 Å². The molecule has 190 valence electrons. The van der Waals surface area contributed by atoms with Crippen molar-refractivity contribution in [3.05, 3.63) is 47.8 Å². The first kappa shape index (κ1) is 25.3. The largest absolute Gasteiger partial charge is 0.573 e. The number of alkyl halides is 3. The van der Waals surface area contributed by atoms with E-state index in [0.29, 0.717) is 34.4 Å². The van der Waals surface area contributed by atoms with Crippen molar-refractivity contribution in [2.24, 2.45) is 0 Å². The van der Waals surface area contributed by atoms with Gasteiger partial charge in [-0.1, -0.05) is 12.1 Å². The van der Waals surface area contributed by atoms with Crippen molar-refractivity contribution in [3.63, 3.8) is 0 Å². The summed E-state index contributed by atoms with van der Waals surface area (Å²) in [4.78, 5) is 34.7. The molecule has 0 bridgehead atoms. The molecule has 1 amide bonds. The Kier molecular flexibility index (Phi) is 7.34. The Bertz CT molecular complexity index is 1260. The highest BCUT2D eigenvalue weighted by Crippen LogP contribution is 2.24. The number of anilines is 2. The standard InChI is InChI=1S/C24H26F3N7O2/c1-15-21-22(32-23(29-15)34-12-10-17(11-13-34)33(2)3)28-14-19(31-21)30-20(35)9-6-16-4-7-18(8-5-16)36-24(25,26)27/h4-9,14,17H,10-13H2,1-3H3,(H,30,31,35). The molecule has 0 spiro atoms. The third-order valence-electron chi connectivity index (χ3n) is 5.84. The summed E-state index contributed by atoms with van der Waals surface area (Å²) in [5.41, 5.74) is 2.12. The first-order valence-electron chi connectivity index (χ1n) is 11.3. The lowest BCUT2D eigenvalue weighted by Crippen LogP contribution is -2.42. The molecule has 0 radical (unpaired) electrons. The lowest BCUT2D eigenvalue weighted by atomic mass is 10.0. The monoisotopic (exact) mass is 501 g/mol. The molecule has 1 aliphatic heterocycles. The van der Waals surface area contributed by atoms with Gasteiger partial charge < -0.3 is 19.9 Å². The maximum absolute atomic E-state index is 12.3. The molecule has 9 nitrogen and oxygen atoms in total. The normalized spacial score (nSPS) is 15.1. The maximum atomic E-state index is 12.3. The van der Waals surface area contributed by atoms with Crippen LogP contribution in [-0.4, -0.2) is 70.3 Å². The first-order valence-corrected chi connectivity index (χ1v) is 11.3. The lowest BCUT2D eigenvalue weighted by Gasteiger charge is -2.35. The maximum Gasteiger partial charge on any atom is 0.573 e. The molecule has 0 saturated carbocycles. The average Bonchev–Trinajstić information content (AvgIpc) is 2.83. The molecule has 12 heteroatoms. The number of aryl methyl sites for hydroxylation is 1.